The monoisotopic (exact) mass is 426 g/mol. The largest absolute Gasteiger partial charge is 0.508 e. The van der Waals surface area contributed by atoms with Gasteiger partial charge in [-0.1, -0.05) is 17.4 Å². The summed E-state index contributed by atoms with van der Waals surface area (Å²) in [6.07, 6.45) is 0.933. The highest BCUT2D eigenvalue weighted by Crippen LogP contribution is 2.36. The SMILES string of the molecule is CCn1c(-c2sc(N3CCOCC3)nc2C)nnc1N1CCc2ccc(O)cc2C1. The van der Waals surface area contributed by atoms with Gasteiger partial charge >= 0.3 is 0 Å². The Balaban J connectivity index is 1.45. The topological polar surface area (TPSA) is 79.5 Å². The molecule has 1 fully saturated rings. The molecule has 0 saturated carbocycles. The molecule has 0 aliphatic carbocycles. The fourth-order valence-corrected chi connectivity index (χ4v) is 5.29. The molecule has 0 amide bonds. The highest BCUT2D eigenvalue weighted by Gasteiger charge is 2.26. The molecule has 0 unspecified atom stereocenters. The number of rotatable bonds is 4. The Morgan fingerprint density at radius 1 is 1.10 bits per heavy atom. The number of thiazole rings is 1. The first-order chi connectivity index (χ1) is 14.6. The number of hydrogen-bond acceptors (Lipinski definition) is 8. The fraction of sp³-hybridized carbons (Fsp3) is 0.476. The molecular weight excluding hydrogens is 400 g/mol. The van der Waals surface area contributed by atoms with Crippen LogP contribution in [0.5, 0.6) is 5.75 Å². The standard InChI is InChI=1S/C21H26N6O2S/c1-3-27-19(18-14(2)22-21(30-18)25-8-10-29-11-9-25)23-24-20(27)26-7-6-15-4-5-17(28)12-16(15)13-26/h4-5,12,28H,3,6-11,13H2,1-2H3. The Morgan fingerprint density at radius 2 is 1.93 bits per heavy atom. The van der Waals surface area contributed by atoms with Crippen LogP contribution in [0.15, 0.2) is 18.2 Å². The first-order valence-electron chi connectivity index (χ1n) is 10.4. The second kappa shape index (κ2) is 7.88. The summed E-state index contributed by atoms with van der Waals surface area (Å²) in [5, 5.41) is 20.0. The van der Waals surface area contributed by atoms with E-state index in [1.807, 2.05) is 19.1 Å². The maximum Gasteiger partial charge on any atom is 0.227 e. The van der Waals surface area contributed by atoms with Gasteiger partial charge in [0.15, 0.2) is 11.0 Å². The Labute approximate surface area is 179 Å². The molecule has 1 N–H and O–H groups in total. The number of nitrogens with zero attached hydrogens (tertiary/aromatic N) is 6. The second-order valence-electron chi connectivity index (χ2n) is 7.70. The third kappa shape index (κ3) is 3.41. The maximum atomic E-state index is 9.87. The molecule has 2 aromatic heterocycles. The Hall–Kier alpha value is -2.65. The molecule has 0 spiro atoms. The maximum absolute atomic E-state index is 9.87. The molecule has 2 aliphatic heterocycles. The fourth-order valence-electron chi connectivity index (χ4n) is 4.18. The van der Waals surface area contributed by atoms with Crippen molar-refractivity contribution in [3.05, 3.63) is 35.0 Å². The number of phenols is 1. The molecule has 4 heterocycles. The molecule has 2 aliphatic rings. The van der Waals surface area contributed by atoms with E-state index in [9.17, 15) is 5.11 Å². The Bertz CT molecular complexity index is 1060. The number of ether oxygens (including phenoxy) is 1. The van der Waals surface area contributed by atoms with Crippen molar-refractivity contribution in [1.82, 2.24) is 19.7 Å². The van der Waals surface area contributed by atoms with E-state index in [0.717, 1.165) is 85.4 Å². The first-order valence-corrected chi connectivity index (χ1v) is 11.2. The molecule has 30 heavy (non-hydrogen) atoms. The number of benzene rings is 1. The molecule has 5 rings (SSSR count). The Morgan fingerprint density at radius 3 is 2.73 bits per heavy atom. The lowest BCUT2D eigenvalue weighted by Crippen LogP contribution is -2.36. The van der Waals surface area contributed by atoms with Gasteiger partial charge in [0, 0.05) is 32.7 Å². The van der Waals surface area contributed by atoms with Crippen LogP contribution in [0.3, 0.4) is 0 Å². The number of morpholine rings is 1. The smallest absolute Gasteiger partial charge is 0.227 e. The number of anilines is 2. The normalized spacial score (nSPS) is 16.7. The molecule has 1 aromatic carbocycles. The van der Waals surface area contributed by atoms with Crippen molar-refractivity contribution in [2.75, 3.05) is 42.6 Å². The number of aromatic nitrogens is 4. The van der Waals surface area contributed by atoms with Gasteiger partial charge in [-0.25, -0.2) is 4.98 Å². The van der Waals surface area contributed by atoms with Crippen LogP contribution in [0, 0.1) is 6.92 Å². The minimum Gasteiger partial charge on any atom is -0.508 e. The van der Waals surface area contributed by atoms with Crippen LogP contribution < -0.4 is 9.80 Å². The summed E-state index contributed by atoms with van der Waals surface area (Å²) in [6.45, 7) is 9.80. The third-order valence-corrected chi connectivity index (χ3v) is 7.02. The van der Waals surface area contributed by atoms with Gasteiger partial charge in [-0.15, -0.1) is 10.2 Å². The zero-order valence-electron chi connectivity index (χ0n) is 17.3. The van der Waals surface area contributed by atoms with Crippen LogP contribution in [-0.2, 0) is 24.2 Å². The van der Waals surface area contributed by atoms with Gasteiger partial charge in [0.1, 0.15) is 5.75 Å². The lowest BCUT2D eigenvalue weighted by Gasteiger charge is -2.29. The number of phenolic OH excluding ortho intramolecular Hbond substituents is 1. The summed E-state index contributed by atoms with van der Waals surface area (Å²) in [4.78, 5) is 10.4. The van der Waals surface area contributed by atoms with E-state index in [0.29, 0.717) is 5.75 Å². The number of fused-ring (bicyclic) bond motifs is 1. The summed E-state index contributed by atoms with van der Waals surface area (Å²) in [5.41, 5.74) is 3.43. The van der Waals surface area contributed by atoms with Crippen LogP contribution in [0.2, 0.25) is 0 Å². The molecule has 3 aromatic rings. The van der Waals surface area contributed by atoms with Gasteiger partial charge in [-0.3, -0.25) is 4.57 Å². The van der Waals surface area contributed by atoms with E-state index in [4.69, 9.17) is 9.72 Å². The molecule has 0 atom stereocenters. The second-order valence-corrected chi connectivity index (χ2v) is 8.68. The first kappa shape index (κ1) is 19.3. The van der Waals surface area contributed by atoms with Gasteiger partial charge in [0.25, 0.3) is 0 Å². The molecule has 9 heteroatoms. The molecule has 1 saturated heterocycles. The molecular formula is C21H26N6O2S. The molecule has 0 radical (unpaired) electrons. The van der Waals surface area contributed by atoms with E-state index >= 15 is 0 Å². The minimum absolute atomic E-state index is 0.309. The number of aromatic hydroxyl groups is 1. The van der Waals surface area contributed by atoms with Gasteiger partial charge in [-0.2, -0.15) is 0 Å². The van der Waals surface area contributed by atoms with E-state index in [2.05, 4.69) is 31.5 Å². The van der Waals surface area contributed by atoms with Crippen molar-refractivity contribution in [2.45, 2.75) is 33.4 Å². The van der Waals surface area contributed by atoms with E-state index in [-0.39, 0.29) is 0 Å². The van der Waals surface area contributed by atoms with Crippen molar-refractivity contribution in [3.8, 4) is 16.5 Å². The van der Waals surface area contributed by atoms with Crippen LogP contribution in [0.4, 0.5) is 11.1 Å². The summed E-state index contributed by atoms with van der Waals surface area (Å²) < 4.78 is 7.65. The zero-order chi connectivity index (χ0) is 20.7. The zero-order valence-corrected chi connectivity index (χ0v) is 18.2. The number of hydrogen-bond donors (Lipinski definition) is 1. The van der Waals surface area contributed by atoms with Crippen LogP contribution >= 0.6 is 11.3 Å². The summed E-state index contributed by atoms with van der Waals surface area (Å²) in [6, 6.07) is 5.64. The van der Waals surface area contributed by atoms with Crippen molar-refractivity contribution < 1.29 is 9.84 Å². The van der Waals surface area contributed by atoms with Crippen molar-refractivity contribution >= 4 is 22.4 Å². The van der Waals surface area contributed by atoms with Gasteiger partial charge in [0.05, 0.1) is 23.8 Å². The highest BCUT2D eigenvalue weighted by atomic mass is 32.1. The van der Waals surface area contributed by atoms with Crippen molar-refractivity contribution in [2.24, 2.45) is 0 Å². The van der Waals surface area contributed by atoms with Gasteiger partial charge in [0.2, 0.25) is 5.95 Å². The summed E-state index contributed by atoms with van der Waals surface area (Å²) >= 11 is 1.68. The predicted molar refractivity (Wildman–Crippen MR) is 117 cm³/mol. The van der Waals surface area contributed by atoms with Crippen LogP contribution in [0.25, 0.3) is 10.7 Å². The average molecular weight is 427 g/mol. The minimum atomic E-state index is 0.309. The molecule has 8 nitrogen and oxygen atoms in total. The number of aryl methyl sites for hydroxylation is 1. The third-order valence-electron chi connectivity index (χ3n) is 5.80. The van der Waals surface area contributed by atoms with E-state index in [1.165, 1.54) is 5.56 Å². The Kier molecular flexibility index (Phi) is 5.08. The summed E-state index contributed by atoms with van der Waals surface area (Å²) in [7, 11) is 0. The van der Waals surface area contributed by atoms with E-state index < -0.39 is 0 Å². The molecule has 0 bridgehead atoms. The highest BCUT2D eigenvalue weighted by molar-refractivity contribution is 7.19. The van der Waals surface area contributed by atoms with Crippen molar-refractivity contribution in [1.29, 1.82) is 0 Å². The lowest BCUT2D eigenvalue weighted by atomic mass is 10.00. The van der Waals surface area contributed by atoms with E-state index in [1.54, 1.807) is 17.4 Å². The van der Waals surface area contributed by atoms with Gasteiger partial charge in [-0.05, 0) is 43.5 Å². The van der Waals surface area contributed by atoms with Crippen molar-refractivity contribution in [3.63, 3.8) is 0 Å². The lowest BCUT2D eigenvalue weighted by molar-refractivity contribution is 0.122. The molecule has 158 valence electrons. The predicted octanol–water partition coefficient (Wildman–Crippen LogP) is 2.83. The van der Waals surface area contributed by atoms with Gasteiger partial charge < -0.3 is 19.6 Å². The average Bonchev–Trinajstić information content (AvgIpc) is 3.36. The quantitative estimate of drug-likeness (QED) is 0.687. The summed E-state index contributed by atoms with van der Waals surface area (Å²) in [5.74, 6) is 2.06. The van der Waals surface area contributed by atoms with Crippen LogP contribution in [-0.4, -0.2) is 57.7 Å². The van der Waals surface area contributed by atoms with Crippen LogP contribution in [0.1, 0.15) is 23.7 Å².